The Morgan fingerprint density at radius 2 is 1.25 bits per heavy atom. The number of aromatic amines is 1. The zero-order valence-electron chi connectivity index (χ0n) is 15.1. The molecule has 0 spiro atoms. The zero-order chi connectivity index (χ0) is 18.4. The molecule has 0 amide bonds. The molecule has 28 heavy (non-hydrogen) atoms. The number of nitrogens with zero attached hydrogens (tertiary/aromatic N) is 2. The maximum absolute atomic E-state index is 10.8. The standard InChI is InChI=1S/C24H17N3O/c28-24-21-16(13-25-24)19-14-7-1-3-9-17(14)26-11-5-6-12-27-18-10-4-2-8-15(18)20(21)23(27)22(19)26/h1-10,13,25,28H,11-12H2. The van der Waals surface area contributed by atoms with Gasteiger partial charge < -0.3 is 19.2 Å². The first-order valence-corrected chi connectivity index (χ1v) is 9.63. The van der Waals surface area contributed by atoms with E-state index in [1.165, 1.54) is 38.2 Å². The molecular formula is C24H17N3O. The molecule has 0 aliphatic carbocycles. The topological polar surface area (TPSA) is 45.9 Å². The number of H-pyrrole nitrogens is 1. The molecule has 3 aromatic heterocycles. The Labute approximate surface area is 159 Å². The summed E-state index contributed by atoms with van der Waals surface area (Å²) in [5, 5.41) is 17.6. The molecule has 3 aromatic carbocycles. The lowest BCUT2D eigenvalue weighted by atomic mass is 10.0. The van der Waals surface area contributed by atoms with Crippen LogP contribution in [0.1, 0.15) is 0 Å². The van der Waals surface area contributed by atoms with Crippen molar-refractivity contribution >= 4 is 54.4 Å². The first-order chi connectivity index (χ1) is 13.8. The van der Waals surface area contributed by atoms with E-state index in [9.17, 15) is 5.11 Å². The number of hydrogen-bond donors (Lipinski definition) is 2. The fourth-order valence-corrected chi connectivity index (χ4v) is 5.23. The van der Waals surface area contributed by atoms with Gasteiger partial charge in [0.1, 0.15) is 0 Å². The highest BCUT2D eigenvalue weighted by Gasteiger charge is 2.25. The Bertz CT molecular complexity index is 1620. The lowest BCUT2D eigenvalue weighted by Crippen LogP contribution is -2.03. The monoisotopic (exact) mass is 363 g/mol. The third-order valence-corrected chi connectivity index (χ3v) is 6.29. The Morgan fingerprint density at radius 1 is 0.679 bits per heavy atom. The number of rotatable bonds is 0. The molecular weight excluding hydrogens is 346 g/mol. The number of hydrogen-bond acceptors (Lipinski definition) is 1. The molecule has 0 fully saturated rings. The van der Waals surface area contributed by atoms with Crippen LogP contribution in [0.3, 0.4) is 0 Å². The van der Waals surface area contributed by atoms with Gasteiger partial charge in [-0.2, -0.15) is 0 Å². The Kier molecular flexibility index (Phi) is 2.46. The molecule has 1 aliphatic rings. The van der Waals surface area contributed by atoms with E-state index >= 15 is 0 Å². The molecule has 0 radical (unpaired) electrons. The van der Waals surface area contributed by atoms with Crippen LogP contribution >= 0.6 is 0 Å². The zero-order valence-corrected chi connectivity index (χ0v) is 15.1. The molecule has 2 N–H and O–H groups in total. The van der Waals surface area contributed by atoms with Crippen LogP contribution in [0.25, 0.3) is 54.4 Å². The predicted molar refractivity (Wildman–Crippen MR) is 115 cm³/mol. The van der Waals surface area contributed by atoms with Gasteiger partial charge in [-0.05, 0) is 12.1 Å². The van der Waals surface area contributed by atoms with E-state index in [2.05, 4.69) is 74.8 Å². The number of para-hydroxylation sites is 2. The van der Waals surface area contributed by atoms with Crippen LogP contribution in [-0.2, 0) is 13.1 Å². The number of benzene rings is 3. The normalized spacial score (nSPS) is 14.1. The van der Waals surface area contributed by atoms with E-state index in [4.69, 9.17) is 0 Å². The van der Waals surface area contributed by atoms with Gasteiger partial charge in [-0.25, -0.2) is 0 Å². The van der Waals surface area contributed by atoms with E-state index in [1.54, 1.807) is 0 Å². The summed E-state index contributed by atoms with van der Waals surface area (Å²) < 4.78 is 4.81. The summed E-state index contributed by atoms with van der Waals surface area (Å²) in [6.07, 6.45) is 6.46. The highest BCUT2D eigenvalue weighted by Crippen LogP contribution is 2.47. The van der Waals surface area contributed by atoms with Crippen molar-refractivity contribution in [1.29, 1.82) is 0 Å². The van der Waals surface area contributed by atoms with Gasteiger partial charge in [0.05, 0.1) is 16.4 Å². The molecule has 0 atom stereocenters. The minimum atomic E-state index is 0.245. The first kappa shape index (κ1) is 14.4. The Balaban J connectivity index is 1.98. The fraction of sp³-hybridized carbons (Fsp3) is 0.0833. The first-order valence-electron chi connectivity index (χ1n) is 9.63. The lowest BCUT2D eigenvalue weighted by Gasteiger charge is -2.12. The number of allylic oxidation sites excluding steroid dienone is 2. The minimum absolute atomic E-state index is 0.245. The number of fused-ring (bicyclic) bond motifs is 9. The van der Waals surface area contributed by atoms with Gasteiger partial charge in [0.2, 0.25) is 0 Å². The van der Waals surface area contributed by atoms with Crippen molar-refractivity contribution in [2.45, 2.75) is 13.1 Å². The van der Waals surface area contributed by atoms with Crippen LogP contribution < -0.4 is 0 Å². The van der Waals surface area contributed by atoms with Crippen LogP contribution in [0.4, 0.5) is 0 Å². The van der Waals surface area contributed by atoms with Crippen molar-refractivity contribution in [3.05, 3.63) is 66.9 Å². The minimum Gasteiger partial charge on any atom is -0.494 e. The number of aromatic nitrogens is 3. The van der Waals surface area contributed by atoms with Gasteiger partial charge >= 0.3 is 0 Å². The molecule has 6 aromatic rings. The van der Waals surface area contributed by atoms with Gasteiger partial charge in [-0.1, -0.05) is 48.6 Å². The summed E-state index contributed by atoms with van der Waals surface area (Å²) in [7, 11) is 0. The quantitative estimate of drug-likeness (QED) is 0.336. The largest absolute Gasteiger partial charge is 0.494 e. The summed E-state index contributed by atoms with van der Waals surface area (Å²) in [4.78, 5) is 3.08. The highest BCUT2D eigenvalue weighted by atomic mass is 16.3. The van der Waals surface area contributed by atoms with Crippen LogP contribution in [0.5, 0.6) is 5.88 Å². The SMILES string of the molecule is Oc1[nH]cc2c1c1c3ccccc3n3c1c1c2c2ccccc2n1CC=CC3. The van der Waals surface area contributed by atoms with Crippen molar-refractivity contribution in [2.24, 2.45) is 0 Å². The summed E-state index contributed by atoms with van der Waals surface area (Å²) in [6, 6.07) is 17.1. The maximum atomic E-state index is 10.8. The van der Waals surface area contributed by atoms with E-state index in [-0.39, 0.29) is 5.88 Å². The van der Waals surface area contributed by atoms with Crippen LogP contribution in [0.2, 0.25) is 0 Å². The molecule has 4 heteroatoms. The van der Waals surface area contributed by atoms with Gasteiger partial charge in [0.15, 0.2) is 5.88 Å². The molecule has 0 saturated carbocycles. The van der Waals surface area contributed by atoms with Crippen LogP contribution in [0.15, 0.2) is 66.9 Å². The predicted octanol–water partition coefficient (Wildman–Crippen LogP) is 5.66. The van der Waals surface area contributed by atoms with Gasteiger partial charge in [-0.3, -0.25) is 0 Å². The van der Waals surface area contributed by atoms with E-state index in [0.29, 0.717) is 0 Å². The second-order valence-electron chi connectivity index (χ2n) is 7.60. The molecule has 4 heterocycles. The molecule has 0 bridgehead atoms. The molecule has 134 valence electrons. The molecule has 4 nitrogen and oxygen atoms in total. The Morgan fingerprint density at radius 3 is 1.93 bits per heavy atom. The molecule has 1 aliphatic heterocycles. The van der Waals surface area contributed by atoms with Crippen molar-refractivity contribution in [3.63, 3.8) is 0 Å². The second kappa shape index (κ2) is 4.78. The van der Waals surface area contributed by atoms with Gasteiger partial charge in [-0.15, -0.1) is 0 Å². The highest BCUT2D eigenvalue weighted by molar-refractivity contribution is 6.36. The smallest absolute Gasteiger partial charge is 0.197 e. The van der Waals surface area contributed by atoms with E-state index in [0.717, 1.165) is 29.2 Å². The summed E-state index contributed by atoms with van der Waals surface area (Å²) >= 11 is 0. The average Bonchev–Trinajstić information content (AvgIpc) is 3.34. The number of nitrogens with one attached hydrogen (secondary N) is 1. The van der Waals surface area contributed by atoms with E-state index < -0.39 is 0 Å². The molecule has 7 rings (SSSR count). The van der Waals surface area contributed by atoms with Crippen molar-refractivity contribution in [3.8, 4) is 5.88 Å². The fourth-order valence-electron chi connectivity index (χ4n) is 5.23. The Hall–Kier alpha value is -3.66. The second-order valence-corrected chi connectivity index (χ2v) is 7.60. The number of aromatic hydroxyl groups is 1. The lowest BCUT2D eigenvalue weighted by molar-refractivity contribution is 0.463. The van der Waals surface area contributed by atoms with Crippen molar-refractivity contribution in [2.75, 3.05) is 0 Å². The van der Waals surface area contributed by atoms with Crippen molar-refractivity contribution in [1.82, 2.24) is 14.1 Å². The summed E-state index contributed by atoms with van der Waals surface area (Å²) in [5.41, 5.74) is 4.90. The van der Waals surface area contributed by atoms with Gasteiger partial charge in [0.25, 0.3) is 0 Å². The van der Waals surface area contributed by atoms with Crippen LogP contribution in [0, 0.1) is 0 Å². The van der Waals surface area contributed by atoms with Gasteiger partial charge in [0, 0.05) is 57.3 Å². The third-order valence-electron chi connectivity index (χ3n) is 6.29. The summed E-state index contributed by atoms with van der Waals surface area (Å²) in [5.74, 6) is 0.245. The van der Waals surface area contributed by atoms with Crippen LogP contribution in [-0.4, -0.2) is 19.2 Å². The summed E-state index contributed by atoms with van der Waals surface area (Å²) in [6.45, 7) is 1.68. The molecule has 0 saturated heterocycles. The average molecular weight is 363 g/mol. The maximum Gasteiger partial charge on any atom is 0.197 e. The van der Waals surface area contributed by atoms with Crippen molar-refractivity contribution < 1.29 is 5.11 Å². The van der Waals surface area contributed by atoms with E-state index in [1.807, 2.05) is 6.20 Å². The molecule has 0 unspecified atom stereocenters. The third kappa shape index (κ3) is 1.50.